The number of ether oxygens (including phenoxy) is 1. The minimum Gasteiger partial charge on any atom is -0.470 e. The summed E-state index contributed by atoms with van der Waals surface area (Å²) in [6.45, 7) is 3.93. The van der Waals surface area contributed by atoms with Crippen LogP contribution in [0.5, 0.6) is 5.75 Å². The summed E-state index contributed by atoms with van der Waals surface area (Å²) < 4.78 is 8.86. The number of alkyl halides is 2. The summed E-state index contributed by atoms with van der Waals surface area (Å²) >= 11 is 6.66. The van der Waals surface area contributed by atoms with Crippen molar-refractivity contribution < 1.29 is 19.7 Å². The molecule has 2 heterocycles. The number of anilines is 1. The van der Waals surface area contributed by atoms with E-state index in [4.69, 9.17) is 4.74 Å². The quantitative estimate of drug-likeness (QED) is 0.204. The van der Waals surface area contributed by atoms with Gasteiger partial charge in [0.25, 0.3) is 5.91 Å². The molecule has 3 N–H and O–H groups in total. The SMILES string of the molecule is Cc1nn(-c2ccc(I)cc2)cc1C(=O)Nc1ccc(CN2CCC[C@H]([C@H](O)CO)C2)c(OC(I)I)c1. The lowest BCUT2D eigenvalue weighted by atomic mass is 9.92. The predicted molar refractivity (Wildman–Crippen MR) is 169 cm³/mol. The number of piperidine rings is 1. The number of halogens is 3. The van der Waals surface area contributed by atoms with Gasteiger partial charge in [0.2, 0.25) is 0 Å². The lowest BCUT2D eigenvalue weighted by molar-refractivity contribution is 0.0108. The molecule has 11 heteroatoms. The highest BCUT2D eigenvalue weighted by Crippen LogP contribution is 2.30. The van der Waals surface area contributed by atoms with Crippen molar-refractivity contribution in [1.82, 2.24) is 14.7 Å². The molecule has 37 heavy (non-hydrogen) atoms. The molecule has 0 radical (unpaired) electrons. The summed E-state index contributed by atoms with van der Waals surface area (Å²) in [6.07, 6.45) is 2.94. The summed E-state index contributed by atoms with van der Waals surface area (Å²) in [5, 5.41) is 27.0. The third-order valence-electron chi connectivity index (χ3n) is 6.44. The first kappa shape index (κ1) is 29.0. The highest BCUT2D eigenvalue weighted by molar-refractivity contribution is 14.2. The first-order valence-corrected chi connectivity index (χ1v) is 15.5. The van der Waals surface area contributed by atoms with E-state index >= 15 is 0 Å². The first-order chi connectivity index (χ1) is 17.7. The fraction of sp³-hybridized carbons (Fsp3) is 0.385. The zero-order chi connectivity index (χ0) is 26.5. The number of nitrogens with zero attached hydrogens (tertiary/aromatic N) is 3. The summed E-state index contributed by atoms with van der Waals surface area (Å²) in [4.78, 5) is 15.4. The molecular weight excluding hydrogens is 813 g/mol. The molecule has 0 bridgehead atoms. The monoisotopic (exact) mass is 842 g/mol. The Morgan fingerprint density at radius 3 is 2.70 bits per heavy atom. The molecule has 0 saturated carbocycles. The van der Waals surface area contributed by atoms with Crippen LogP contribution >= 0.6 is 67.8 Å². The van der Waals surface area contributed by atoms with Gasteiger partial charge < -0.3 is 20.3 Å². The van der Waals surface area contributed by atoms with Crippen molar-refractivity contribution in [1.29, 1.82) is 0 Å². The number of carbonyl (C=O) groups excluding carboxylic acids is 1. The van der Waals surface area contributed by atoms with Gasteiger partial charge in [0.15, 0.2) is 2.12 Å². The molecule has 3 aromatic rings. The lowest BCUT2D eigenvalue weighted by Crippen LogP contribution is -2.41. The Balaban J connectivity index is 1.49. The highest BCUT2D eigenvalue weighted by Gasteiger charge is 2.26. The Labute approximate surface area is 257 Å². The standard InChI is InChI=1S/C26H29I3N4O4/c1-16-22(14-33(31-16)21-8-5-19(27)6-9-21)25(36)30-20-7-4-18(24(11-20)37-26(28)29)13-32-10-2-3-17(12-32)23(35)15-34/h4-9,11,14,17,23,26,34-35H,2-3,10,12-13,15H2,1H3,(H,30,36)/t17-,23+/m0/s1. The molecule has 1 fully saturated rings. The number of carbonyl (C=O) groups is 1. The Kier molecular flexibility index (Phi) is 10.5. The predicted octanol–water partition coefficient (Wildman–Crippen LogP) is 5.14. The van der Waals surface area contributed by atoms with Crippen molar-refractivity contribution in [3.8, 4) is 11.4 Å². The molecule has 2 atom stereocenters. The molecule has 1 aliphatic heterocycles. The number of aromatic nitrogens is 2. The van der Waals surface area contributed by atoms with Gasteiger partial charge in [-0.3, -0.25) is 9.69 Å². The number of hydrogen-bond donors (Lipinski definition) is 3. The fourth-order valence-corrected chi connectivity index (χ4v) is 5.42. The summed E-state index contributed by atoms with van der Waals surface area (Å²) in [7, 11) is 0. The number of amides is 1. The molecule has 198 valence electrons. The summed E-state index contributed by atoms with van der Waals surface area (Å²) in [5.41, 5.74) is 3.70. The smallest absolute Gasteiger partial charge is 0.259 e. The number of hydrogen-bond acceptors (Lipinski definition) is 6. The third-order valence-corrected chi connectivity index (χ3v) is 7.67. The average molecular weight is 842 g/mol. The van der Waals surface area contributed by atoms with Crippen LogP contribution in [0.3, 0.4) is 0 Å². The van der Waals surface area contributed by atoms with Crippen LogP contribution in [0.25, 0.3) is 5.69 Å². The number of nitrogens with one attached hydrogen (secondary N) is 1. The van der Waals surface area contributed by atoms with E-state index < -0.39 is 6.10 Å². The number of aliphatic hydroxyl groups is 2. The maximum absolute atomic E-state index is 13.1. The van der Waals surface area contributed by atoms with Crippen LogP contribution in [0.15, 0.2) is 48.7 Å². The van der Waals surface area contributed by atoms with Gasteiger partial charge in [-0.15, -0.1) is 0 Å². The Morgan fingerprint density at radius 2 is 2.00 bits per heavy atom. The van der Waals surface area contributed by atoms with Crippen LogP contribution in [0.4, 0.5) is 5.69 Å². The third kappa shape index (κ3) is 7.77. The van der Waals surface area contributed by atoms with Gasteiger partial charge in [0.1, 0.15) is 5.75 Å². The normalized spacial score (nSPS) is 17.1. The van der Waals surface area contributed by atoms with Gasteiger partial charge in [-0.1, -0.05) is 6.07 Å². The second kappa shape index (κ2) is 13.4. The van der Waals surface area contributed by atoms with Gasteiger partial charge in [0, 0.05) is 40.2 Å². The van der Waals surface area contributed by atoms with Crippen LogP contribution in [0.1, 0.15) is 34.5 Å². The number of aliphatic hydroxyl groups excluding tert-OH is 2. The average Bonchev–Trinajstić information content (AvgIpc) is 3.27. The summed E-state index contributed by atoms with van der Waals surface area (Å²) in [6, 6.07) is 13.7. The van der Waals surface area contributed by atoms with Crippen molar-refractivity contribution in [2.24, 2.45) is 5.92 Å². The maximum atomic E-state index is 13.1. The van der Waals surface area contributed by atoms with Gasteiger partial charge in [-0.2, -0.15) is 5.10 Å². The minimum absolute atomic E-state index is 0.0623. The zero-order valence-corrected chi connectivity index (χ0v) is 26.8. The van der Waals surface area contributed by atoms with Crippen LogP contribution < -0.4 is 10.1 Å². The van der Waals surface area contributed by atoms with E-state index in [9.17, 15) is 15.0 Å². The van der Waals surface area contributed by atoms with E-state index in [0.717, 1.165) is 40.8 Å². The molecule has 1 aliphatic rings. The molecule has 2 aromatic carbocycles. The van der Waals surface area contributed by atoms with Gasteiger partial charge in [0.05, 0.1) is 29.7 Å². The fourth-order valence-electron chi connectivity index (χ4n) is 4.52. The van der Waals surface area contributed by atoms with E-state index in [1.807, 2.05) is 49.4 Å². The van der Waals surface area contributed by atoms with Crippen molar-refractivity contribution in [2.45, 2.75) is 34.5 Å². The van der Waals surface area contributed by atoms with E-state index in [0.29, 0.717) is 29.2 Å². The highest BCUT2D eigenvalue weighted by atomic mass is 127. The van der Waals surface area contributed by atoms with Crippen LogP contribution in [-0.2, 0) is 6.54 Å². The first-order valence-electron chi connectivity index (χ1n) is 12.0. The number of benzene rings is 2. The van der Waals surface area contributed by atoms with E-state index in [1.54, 1.807) is 10.9 Å². The molecule has 1 aromatic heterocycles. The van der Waals surface area contributed by atoms with Gasteiger partial charge >= 0.3 is 0 Å². The second-order valence-electron chi connectivity index (χ2n) is 9.09. The molecule has 1 saturated heterocycles. The van der Waals surface area contributed by atoms with Crippen molar-refractivity contribution >= 4 is 79.4 Å². The molecule has 4 rings (SSSR count). The Morgan fingerprint density at radius 1 is 1.24 bits per heavy atom. The van der Waals surface area contributed by atoms with E-state index in [-0.39, 0.29) is 20.5 Å². The number of likely N-dealkylation sites (tertiary alicyclic amines) is 1. The summed E-state index contributed by atoms with van der Waals surface area (Å²) in [5.74, 6) is 0.542. The lowest BCUT2D eigenvalue weighted by Gasteiger charge is -2.35. The molecular formula is C26H29I3N4O4. The Bertz CT molecular complexity index is 1220. The van der Waals surface area contributed by atoms with Crippen LogP contribution in [0.2, 0.25) is 0 Å². The molecule has 0 aliphatic carbocycles. The van der Waals surface area contributed by atoms with Gasteiger partial charge in [-0.25, -0.2) is 4.68 Å². The molecule has 0 spiro atoms. The Hall–Kier alpha value is -1.01. The van der Waals surface area contributed by atoms with Gasteiger partial charge in [-0.05, 0) is 130 Å². The number of rotatable bonds is 9. The van der Waals surface area contributed by atoms with Crippen molar-refractivity contribution in [3.63, 3.8) is 0 Å². The van der Waals surface area contributed by atoms with E-state index in [1.165, 1.54) is 0 Å². The molecule has 1 amide bonds. The second-order valence-corrected chi connectivity index (χ2v) is 15.0. The molecule has 8 nitrogen and oxygen atoms in total. The van der Waals surface area contributed by atoms with Crippen molar-refractivity contribution in [3.05, 3.63) is 69.1 Å². The van der Waals surface area contributed by atoms with Crippen molar-refractivity contribution in [2.75, 3.05) is 25.0 Å². The van der Waals surface area contributed by atoms with Crippen LogP contribution in [0, 0.1) is 16.4 Å². The topological polar surface area (TPSA) is 99.9 Å². The minimum atomic E-state index is -0.692. The van der Waals surface area contributed by atoms with Crippen LogP contribution in [-0.4, -0.2) is 58.7 Å². The molecule has 0 unspecified atom stereocenters. The number of aryl methyl sites for hydroxylation is 1. The maximum Gasteiger partial charge on any atom is 0.259 e. The zero-order valence-electron chi connectivity index (χ0n) is 20.3. The van der Waals surface area contributed by atoms with E-state index in [2.05, 4.69) is 83.1 Å². The largest absolute Gasteiger partial charge is 0.470 e.